The Morgan fingerprint density at radius 3 is 2.68 bits per heavy atom. The maximum atomic E-state index is 13.3. The van der Waals surface area contributed by atoms with Crippen molar-refractivity contribution in [3.05, 3.63) is 87.3 Å². The molecule has 5 rings (SSSR count). The van der Waals surface area contributed by atoms with Crippen LogP contribution in [0.4, 0.5) is 11.5 Å². The number of nitrogens with zero attached hydrogens (tertiary/aromatic N) is 4. The third-order valence-electron chi connectivity index (χ3n) is 6.87. The molecule has 3 N–H and O–H groups in total. The highest BCUT2D eigenvalue weighted by atomic mass is 35.5. The zero-order valence-corrected chi connectivity index (χ0v) is 23.2. The molecule has 3 heterocycles. The van der Waals surface area contributed by atoms with Crippen LogP contribution in [0, 0.1) is 6.92 Å². The van der Waals surface area contributed by atoms with Gasteiger partial charge in [0.1, 0.15) is 12.1 Å². The fourth-order valence-corrected chi connectivity index (χ4v) is 5.76. The summed E-state index contributed by atoms with van der Waals surface area (Å²) in [4.78, 5) is 28.7. The number of amides is 1. The fourth-order valence-electron chi connectivity index (χ4n) is 4.68. The Morgan fingerprint density at radius 1 is 1.08 bits per heavy atom. The van der Waals surface area contributed by atoms with Crippen molar-refractivity contribution < 1.29 is 4.79 Å². The van der Waals surface area contributed by atoms with Crippen molar-refractivity contribution in [2.24, 2.45) is 0 Å². The van der Waals surface area contributed by atoms with Crippen LogP contribution in [-0.2, 0) is 13.0 Å². The molecule has 2 aromatic carbocycles. The van der Waals surface area contributed by atoms with Crippen LogP contribution in [0.2, 0.25) is 5.02 Å². The number of nitrogens with one attached hydrogen (secondary N) is 1. The third kappa shape index (κ3) is 5.07. The number of benzene rings is 2. The lowest BCUT2D eigenvalue weighted by atomic mass is 9.99. The number of thiophene rings is 1. The molecule has 0 bridgehead atoms. The Balaban J connectivity index is 1.47. The van der Waals surface area contributed by atoms with Gasteiger partial charge in [0.05, 0.1) is 27.2 Å². The van der Waals surface area contributed by atoms with E-state index < -0.39 is 0 Å². The number of nitrogen functional groups attached to an aromatic ring is 1. The SMILES string of the molecule is CCN(CC)Cc1cc(Cc2nccc3c(NC(=O)c4csc5c(N)ncnc45)c(C)ccc23)ccc1Cl. The summed E-state index contributed by atoms with van der Waals surface area (Å²) < 4.78 is 0.710. The minimum atomic E-state index is -0.234. The van der Waals surface area contributed by atoms with Gasteiger partial charge < -0.3 is 11.1 Å². The van der Waals surface area contributed by atoms with Crippen LogP contribution < -0.4 is 11.1 Å². The standard InChI is InChI=1S/C29H29ClN6OS/c1-4-36(5-2)14-19-12-18(7-9-23(19)30)13-24-20-8-6-17(3)25(21(20)10-11-32-24)35-29(37)22-15-38-27-26(22)33-16-34-28(27)31/h6-12,15-16H,4-5,13-14H2,1-3H3,(H,35,37)(H2,31,33,34). The summed E-state index contributed by atoms with van der Waals surface area (Å²) in [6.07, 6.45) is 3.83. The van der Waals surface area contributed by atoms with Crippen molar-refractivity contribution in [2.75, 3.05) is 24.1 Å². The fraction of sp³-hybridized carbons (Fsp3) is 0.241. The molecule has 0 fully saturated rings. The molecule has 7 nitrogen and oxygen atoms in total. The average Bonchev–Trinajstić information content (AvgIpc) is 3.36. The molecule has 38 heavy (non-hydrogen) atoms. The first-order valence-electron chi connectivity index (χ1n) is 12.5. The Morgan fingerprint density at radius 2 is 1.89 bits per heavy atom. The molecule has 1 amide bonds. The minimum Gasteiger partial charge on any atom is -0.382 e. The van der Waals surface area contributed by atoms with Gasteiger partial charge in [-0.3, -0.25) is 14.7 Å². The zero-order chi connectivity index (χ0) is 26.8. The molecule has 9 heteroatoms. The first-order valence-corrected chi connectivity index (χ1v) is 13.8. The molecule has 0 unspecified atom stereocenters. The van der Waals surface area contributed by atoms with Gasteiger partial charge in [-0.15, -0.1) is 11.3 Å². The van der Waals surface area contributed by atoms with Gasteiger partial charge in [-0.05, 0) is 48.8 Å². The molecule has 5 aromatic rings. The predicted molar refractivity (Wildman–Crippen MR) is 157 cm³/mol. The second kappa shape index (κ2) is 11.0. The number of halogens is 1. The number of fused-ring (bicyclic) bond motifs is 2. The topological polar surface area (TPSA) is 97.0 Å². The molecular formula is C29H29ClN6OS. The van der Waals surface area contributed by atoms with Crippen LogP contribution in [0.25, 0.3) is 21.0 Å². The Labute approximate surface area is 230 Å². The van der Waals surface area contributed by atoms with Crippen molar-refractivity contribution in [1.29, 1.82) is 0 Å². The molecule has 0 aliphatic heterocycles. The highest BCUT2D eigenvalue weighted by Gasteiger charge is 2.18. The van der Waals surface area contributed by atoms with Crippen LogP contribution in [-0.4, -0.2) is 38.8 Å². The van der Waals surface area contributed by atoms with Gasteiger partial charge in [-0.25, -0.2) is 9.97 Å². The third-order valence-corrected chi connectivity index (χ3v) is 8.23. The van der Waals surface area contributed by atoms with Crippen molar-refractivity contribution >= 4 is 61.3 Å². The molecule has 0 radical (unpaired) electrons. The highest BCUT2D eigenvalue weighted by molar-refractivity contribution is 7.18. The summed E-state index contributed by atoms with van der Waals surface area (Å²) in [6, 6.07) is 12.2. The van der Waals surface area contributed by atoms with Gasteiger partial charge in [0.25, 0.3) is 5.91 Å². The molecule has 194 valence electrons. The Kier molecular flexibility index (Phi) is 7.56. The van der Waals surface area contributed by atoms with Crippen molar-refractivity contribution in [1.82, 2.24) is 19.9 Å². The molecule has 0 aliphatic carbocycles. The summed E-state index contributed by atoms with van der Waals surface area (Å²) in [5.41, 5.74) is 11.9. The maximum absolute atomic E-state index is 13.3. The molecule has 0 atom stereocenters. The first kappa shape index (κ1) is 26.0. The van der Waals surface area contributed by atoms with Crippen LogP contribution in [0.3, 0.4) is 0 Å². The molecule has 0 aliphatic rings. The number of hydrogen-bond acceptors (Lipinski definition) is 7. The summed E-state index contributed by atoms with van der Waals surface area (Å²) >= 11 is 7.90. The lowest BCUT2D eigenvalue weighted by Gasteiger charge is -2.19. The van der Waals surface area contributed by atoms with E-state index in [0.717, 1.165) is 63.5 Å². The second-order valence-electron chi connectivity index (χ2n) is 9.21. The van der Waals surface area contributed by atoms with Gasteiger partial charge in [0.15, 0.2) is 0 Å². The Bertz CT molecular complexity index is 1650. The van der Waals surface area contributed by atoms with E-state index in [-0.39, 0.29) is 5.91 Å². The lowest BCUT2D eigenvalue weighted by Crippen LogP contribution is -2.22. The largest absolute Gasteiger partial charge is 0.382 e. The minimum absolute atomic E-state index is 0.234. The number of carbonyl (C=O) groups is 1. The summed E-state index contributed by atoms with van der Waals surface area (Å²) in [5.74, 6) is 0.139. The number of pyridine rings is 1. The normalized spacial score (nSPS) is 11.5. The number of aromatic nitrogens is 3. The monoisotopic (exact) mass is 544 g/mol. The van der Waals surface area contributed by atoms with E-state index >= 15 is 0 Å². The molecule has 3 aromatic heterocycles. The molecule has 0 spiro atoms. The smallest absolute Gasteiger partial charge is 0.258 e. The average molecular weight is 545 g/mol. The number of aryl methyl sites for hydroxylation is 1. The highest BCUT2D eigenvalue weighted by Crippen LogP contribution is 2.32. The summed E-state index contributed by atoms with van der Waals surface area (Å²) in [7, 11) is 0. The van der Waals surface area contributed by atoms with Gasteiger partial charge >= 0.3 is 0 Å². The van der Waals surface area contributed by atoms with Gasteiger partial charge in [0, 0.05) is 40.3 Å². The van der Waals surface area contributed by atoms with E-state index in [0.29, 0.717) is 28.0 Å². The number of hydrogen-bond donors (Lipinski definition) is 2. The summed E-state index contributed by atoms with van der Waals surface area (Å²) in [6.45, 7) is 9.05. The van der Waals surface area contributed by atoms with Crippen LogP contribution in [0.15, 0.2) is 54.3 Å². The van der Waals surface area contributed by atoms with Crippen molar-refractivity contribution in [3.63, 3.8) is 0 Å². The first-order chi connectivity index (χ1) is 18.4. The van der Waals surface area contributed by atoms with Gasteiger partial charge in [0.2, 0.25) is 0 Å². The van der Waals surface area contributed by atoms with E-state index in [2.05, 4.69) is 52.2 Å². The molecule has 0 saturated heterocycles. The number of carbonyl (C=O) groups excluding carboxylic acids is 1. The second-order valence-corrected chi connectivity index (χ2v) is 10.5. The number of rotatable bonds is 8. The lowest BCUT2D eigenvalue weighted by molar-refractivity contribution is 0.102. The molecule has 0 saturated carbocycles. The van der Waals surface area contributed by atoms with Gasteiger partial charge in [-0.2, -0.15) is 0 Å². The van der Waals surface area contributed by atoms with E-state index in [1.54, 1.807) is 11.6 Å². The zero-order valence-electron chi connectivity index (χ0n) is 21.6. The maximum Gasteiger partial charge on any atom is 0.258 e. The number of anilines is 2. The predicted octanol–water partition coefficient (Wildman–Crippen LogP) is 6.47. The van der Waals surface area contributed by atoms with E-state index in [1.165, 1.54) is 17.7 Å². The van der Waals surface area contributed by atoms with E-state index in [9.17, 15) is 4.79 Å². The number of nitrogens with two attached hydrogens (primary N) is 1. The van der Waals surface area contributed by atoms with E-state index in [1.807, 2.05) is 25.1 Å². The van der Waals surface area contributed by atoms with Crippen LogP contribution in [0.5, 0.6) is 0 Å². The van der Waals surface area contributed by atoms with Gasteiger partial charge in [-0.1, -0.05) is 49.7 Å². The van der Waals surface area contributed by atoms with Crippen molar-refractivity contribution in [2.45, 2.75) is 33.7 Å². The summed E-state index contributed by atoms with van der Waals surface area (Å²) in [5, 5.41) is 7.61. The van der Waals surface area contributed by atoms with E-state index in [4.69, 9.17) is 22.3 Å². The Hall–Kier alpha value is -3.59. The van der Waals surface area contributed by atoms with Crippen LogP contribution >= 0.6 is 22.9 Å². The quantitative estimate of drug-likeness (QED) is 0.232. The van der Waals surface area contributed by atoms with Crippen molar-refractivity contribution in [3.8, 4) is 0 Å². The molecular weight excluding hydrogens is 516 g/mol. The van der Waals surface area contributed by atoms with Crippen LogP contribution in [0.1, 0.15) is 46.6 Å².